The van der Waals surface area contributed by atoms with Crippen LogP contribution in [0.3, 0.4) is 0 Å². The van der Waals surface area contributed by atoms with Crippen LogP contribution in [0.4, 0.5) is 0 Å². The number of carbonyl (C=O) groups excluding carboxylic acids is 1. The molecule has 7 heteroatoms. The van der Waals surface area contributed by atoms with Gasteiger partial charge in [-0.3, -0.25) is 0 Å². The van der Waals surface area contributed by atoms with E-state index in [4.69, 9.17) is 9.47 Å². The summed E-state index contributed by atoms with van der Waals surface area (Å²) in [6.45, 7) is 7.67. The van der Waals surface area contributed by atoms with Gasteiger partial charge in [0.25, 0.3) is 0 Å². The second kappa shape index (κ2) is 7.90. The Morgan fingerprint density at radius 3 is 2.43 bits per heavy atom. The third-order valence-corrected chi connectivity index (χ3v) is 9.71. The number of esters is 1. The number of ether oxygens (including phenoxy) is 2. The van der Waals surface area contributed by atoms with Crippen molar-refractivity contribution in [2.75, 3.05) is 13.7 Å². The van der Waals surface area contributed by atoms with Crippen molar-refractivity contribution < 1.29 is 34.7 Å². The van der Waals surface area contributed by atoms with E-state index in [0.717, 1.165) is 6.42 Å². The average molecular weight is 485 g/mol. The van der Waals surface area contributed by atoms with Crippen LogP contribution in [0.1, 0.15) is 44.5 Å². The van der Waals surface area contributed by atoms with E-state index in [2.05, 4.69) is 13.8 Å². The van der Waals surface area contributed by atoms with Gasteiger partial charge in [0.2, 0.25) is 0 Å². The molecule has 0 radical (unpaired) electrons. The first-order chi connectivity index (χ1) is 16.4. The van der Waals surface area contributed by atoms with Crippen LogP contribution in [-0.4, -0.2) is 64.0 Å². The molecule has 4 N–H and O–H groups in total. The van der Waals surface area contributed by atoms with E-state index >= 15 is 0 Å². The zero-order valence-electron chi connectivity index (χ0n) is 20.9. The molecule has 35 heavy (non-hydrogen) atoms. The smallest absolute Gasteiger partial charge is 0.338 e. The normalized spacial score (nSPS) is 43.1. The lowest BCUT2D eigenvalue weighted by atomic mass is 9.58. The molecule has 2 bridgehead atoms. The first kappa shape index (κ1) is 24.5. The van der Waals surface area contributed by atoms with Gasteiger partial charge in [-0.2, -0.15) is 0 Å². The molecule has 190 valence electrons. The van der Waals surface area contributed by atoms with Crippen LogP contribution >= 0.6 is 0 Å². The van der Waals surface area contributed by atoms with Crippen LogP contribution in [0.5, 0.6) is 5.75 Å². The van der Waals surface area contributed by atoms with E-state index in [9.17, 15) is 25.2 Å². The largest absolute Gasteiger partial charge is 0.497 e. The molecule has 1 aromatic carbocycles. The van der Waals surface area contributed by atoms with Crippen LogP contribution in [0, 0.1) is 34.5 Å². The molecule has 2 fully saturated rings. The van der Waals surface area contributed by atoms with E-state index in [0.29, 0.717) is 17.2 Å². The minimum absolute atomic E-state index is 0.0174. The van der Waals surface area contributed by atoms with Gasteiger partial charge in [0.1, 0.15) is 17.5 Å². The lowest BCUT2D eigenvalue weighted by Gasteiger charge is -2.52. The molecule has 0 aromatic heterocycles. The zero-order valence-corrected chi connectivity index (χ0v) is 20.9. The third kappa shape index (κ3) is 3.08. The quantitative estimate of drug-likeness (QED) is 0.383. The zero-order chi connectivity index (χ0) is 25.5. The Labute approximate surface area is 206 Å². The molecular weight excluding hydrogens is 448 g/mol. The molecule has 1 unspecified atom stereocenters. The fourth-order valence-corrected chi connectivity index (χ4v) is 7.80. The lowest BCUT2D eigenvalue weighted by Crippen LogP contribution is -2.66. The van der Waals surface area contributed by atoms with Gasteiger partial charge in [0.05, 0.1) is 30.8 Å². The Balaban J connectivity index is 1.59. The number of methoxy groups -OCH3 is 1. The average Bonchev–Trinajstić information content (AvgIpc) is 3.32. The number of rotatable bonds is 4. The number of aliphatic hydroxyl groups excluding tert-OH is 3. The van der Waals surface area contributed by atoms with Gasteiger partial charge in [0, 0.05) is 5.92 Å². The second-order valence-electron chi connectivity index (χ2n) is 11.6. The highest BCUT2D eigenvalue weighted by Gasteiger charge is 2.76. The fourth-order valence-electron chi connectivity index (χ4n) is 7.80. The first-order valence-corrected chi connectivity index (χ1v) is 12.4. The summed E-state index contributed by atoms with van der Waals surface area (Å²) in [6, 6.07) is 6.44. The number of fused-ring (bicyclic) bond motifs is 3. The second-order valence-corrected chi connectivity index (χ2v) is 11.6. The van der Waals surface area contributed by atoms with Gasteiger partial charge in [-0.15, -0.1) is 0 Å². The molecule has 0 aliphatic heterocycles. The summed E-state index contributed by atoms with van der Waals surface area (Å²) < 4.78 is 11.1. The number of benzene rings is 1. The lowest BCUT2D eigenvalue weighted by molar-refractivity contribution is -0.215. The van der Waals surface area contributed by atoms with Crippen LogP contribution in [-0.2, 0) is 4.74 Å². The summed E-state index contributed by atoms with van der Waals surface area (Å²) in [7, 11) is 1.53. The van der Waals surface area contributed by atoms with Crippen molar-refractivity contribution >= 4 is 5.97 Å². The van der Waals surface area contributed by atoms with Gasteiger partial charge in [0.15, 0.2) is 6.10 Å². The van der Waals surface area contributed by atoms with Crippen molar-refractivity contribution in [1.82, 2.24) is 0 Å². The number of hydrogen-bond acceptors (Lipinski definition) is 7. The summed E-state index contributed by atoms with van der Waals surface area (Å²) in [4.78, 5) is 13.1. The summed E-state index contributed by atoms with van der Waals surface area (Å²) in [5, 5.41) is 46.2. The van der Waals surface area contributed by atoms with Crippen LogP contribution in [0.2, 0.25) is 0 Å². The molecular formula is C28H36O7. The molecule has 1 spiro atoms. The molecule has 5 rings (SSSR count). The molecule has 0 amide bonds. The Hall–Kier alpha value is -2.19. The van der Waals surface area contributed by atoms with E-state index in [1.807, 2.05) is 13.0 Å². The Bertz CT molecular complexity index is 1090. The first-order valence-electron chi connectivity index (χ1n) is 12.4. The molecule has 4 aliphatic rings. The van der Waals surface area contributed by atoms with Gasteiger partial charge in [-0.25, -0.2) is 4.79 Å². The Morgan fingerprint density at radius 1 is 1.17 bits per heavy atom. The van der Waals surface area contributed by atoms with Gasteiger partial charge < -0.3 is 29.9 Å². The monoisotopic (exact) mass is 484 g/mol. The maximum Gasteiger partial charge on any atom is 0.338 e. The molecule has 9 atom stereocenters. The minimum Gasteiger partial charge on any atom is -0.497 e. The highest BCUT2D eigenvalue weighted by molar-refractivity contribution is 5.90. The Morgan fingerprint density at radius 2 is 1.83 bits per heavy atom. The van der Waals surface area contributed by atoms with Crippen molar-refractivity contribution in [1.29, 1.82) is 0 Å². The SMILES string of the molecule is COc1ccc(C(=O)O[C@H]2C(C)=C[C@]34C(O)[C@@H](C=C(CO)[C@@H](O)[C@]23O)[C@H]2[C@@H](C[C@H]4C)C2(C)C)cc1. The van der Waals surface area contributed by atoms with Crippen molar-refractivity contribution in [3.05, 3.63) is 53.1 Å². The van der Waals surface area contributed by atoms with Crippen LogP contribution < -0.4 is 4.74 Å². The predicted molar refractivity (Wildman–Crippen MR) is 129 cm³/mol. The van der Waals surface area contributed by atoms with E-state index < -0.39 is 41.9 Å². The van der Waals surface area contributed by atoms with Crippen LogP contribution in [0.25, 0.3) is 0 Å². The Kier molecular flexibility index (Phi) is 5.53. The standard InChI is InChI=1S/C28H36O7/c1-14-12-27-15(2)10-20-21(26(20,3)4)19(23(27)31)11-17(13-29)22(30)28(27,33)24(14)35-25(32)16-6-8-18(34-5)9-7-16/h6-9,11-12,15,19-24,29-31,33H,10,13H2,1-5H3/t15-,19+,20-,21+,22-,23?,24+,27+,28+/m1/s1. The van der Waals surface area contributed by atoms with Crippen molar-refractivity contribution in [3.63, 3.8) is 0 Å². The highest BCUT2D eigenvalue weighted by Crippen LogP contribution is 2.72. The number of aliphatic hydroxyl groups is 4. The summed E-state index contributed by atoms with van der Waals surface area (Å²) >= 11 is 0. The topological polar surface area (TPSA) is 116 Å². The summed E-state index contributed by atoms with van der Waals surface area (Å²) in [6.07, 6.45) is 0.638. The third-order valence-electron chi connectivity index (χ3n) is 9.71. The number of carbonyl (C=O) groups is 1. The van der Waals surface area contributed by atoms with Crippen molar-refractivity contribution in [2.24, 2.45) is 34.5 Å². The molecule has 0 heterocycles. The predicted octanol–water partition coefficient (Wildman–Crippen LogP) is 2.48. The van der Waals surface area contributed by atoms with E-state index in [1.54, 1.807) is 37.3 Å². The molecule has 0 saturated heterocycles. The fraction of sp³-hybridized carbons (Fsp3) is 0.607. The molecule has 7 nitrogen and oxygen atoms in total. The molecule has 1 aromatic rings. The molecule has 4 aliphatic carbocycles. The van der Waals surface area contributed by atoms with E-state index in [1.165, 1.54) is 7.11 Å². The summed E-state index contributed by atoms with van der Waals surface area (Å²) in [5.41, 5.74) is -2.16. The maximum atomic E-state index is 13.1. The van der Waals surface area contributed by atoms with Gasteiger partial charge in [-0.05, 0) is 71.9 Å². The highest BCUT2D eigenvalue weighted by atomic mass is 16.6. The molecule has 2 saturated carbocycles. The van der Waals surface area contributed by atoms with Crippen LogP contribution in [0.15, 0.2) is 47.6 Å². The number of hydrogen-bond donors (Lipinski definition) is 4. The minimum atomic E-state index is -2.04. The van der Waals surface area contributed by atoms with E-state index in [-0.39, 0.29) is 34.3 Å². The van der Waals surface area contributed by atoms with Crippen molar-refractivity contribution in [3.8, 4) is 5.75 Å². The van der Waals surface area contributed by atoms with Crippen molar-refractivity contribution in [2.45, 2.75) is 58.0 Å². The maximum absolute atomic E-state index is 13.1. The summed E-state index contributed by atoms with van der Waals surface area (Å²) in [5.74, 6) is -0.0886. The van der Waals surface area contributed by atoms with Gasteiger partial charge >= 0.3 is 5.97 Å². The van der Waals surface area contributed by atoms with Gasteiger partial charge in [-0.1, -0.05) is 32.9 Å².